The van der Waals surface area contributed by atoms with E-state index in [0.29, 0.717) is 29.6 Å². The lowest BCUT2D eigenvalue weighted by Gasteiger charge is -2.32. The fraction of sp³-hybridized carbons (Fsp3) is 0.438. The molecule has 7 nitrogen and oxygen atoms in total. The smallest absolute Gasteiger partial charge is 0.257 e. The predicted octanol–water partition coefficient (Wildman–Crippen LogP) is 1.61. The van der Waals surface area contributed by atoms with Crippen LogP contribution in [-0.4, -0.2) is 50.1 Å². The molecule has 1 saturated heterocycles. The van der Waals surface area contributed by atoms with Crippen LogP contribution in [0.3, 0.4) is 0 Å². The largest absolute Gasteiger partial charge is 0.338 e. The average Bonchev–Trinajstić information content (AvgIpc) is 2.60. The van der Waals surface area contributed by atoms with E-state index in [1.54, 1.807) is 24.2 Å². The zero-order valence-electron chi connectivity index (χ0n) is 13.7. The van der Waals surface area contributed by atoms with Crippen LogP contribution in [0.2, 0.25) is 0 Å². The number of thioether (sulfide) groups is 1. The van der Waals surface area contributed by atoms with Crippen molar-refractivity contribution < 1.29 is 4.79 Å². The van der Waals surface area contributed by atoms with Crippen LogP contribution in [0.4, 0.5) is 0 Å². The second-order valence-corrected chi connectivity index (χ2v) is 6.58. The molecule has 1 amide bonds. The molecule has 0 unspecified atom stereocenters. The van der Waals surface area contributed by atoms with Crippen LogP contribution < -0.4 is 5.56 Å². The van der Waals surface area contributed by atoms with Gasteiger partial charge in [0.15, 0.2) is 5.16 Å². The number of piperidine rings is 1. The molecule has 24 heavy (non-hydrogen) atoms. The van der Waals surface area contributed by atoms with Gasteiger partial charge in [-0.05, 0) is 26.0 Å². The van der Waals surface area contributed by atoms with E-state index in [0.717, 1.165) is 18.5 Å². The number of nitrogens with one attached hydrogen (secondary N) is 1. The van der Waals surface area contributed by atoms with E-state index in [-0.39, 0.29) is 17.4 Å². The number of aryl methyl sites for hydroxylation is 1. The minimum Gasteiger partial charge on any atom is -0.338 e. The maximum Gasteiger partial charge on any atom is 0.257 e. The molecule has 1 aliphatic heterocycles. The second-order valence-electron chi connectivity index (χ2n) is 5.80. The van der Waals surface area contributed by atoms with Crippen LogP contribution in [0.25, 0.3) is 0 Å². The lowest BCUT2D eigenvalue weighted by molar-refractivity contribution is 0.0704. The quantitative estimate of drug-likeness (QED) is 0.671. The topological polar surface area (TPSA) is 91.8 Å². The number of rotatable bonds is 3. The number of H-pyrrole nitrogens is 1. The molecular weight excluding hydrogens is 326 g/mol. The fourth-order valence-corrected chi connectivity index (χ4v) is 3.25. The van der Waals surface area contributed by atoms with Crippen molar-refractivity contribution >= 4 is 17.7 Å². The molecule has 1 atom stereocenters. The lowest BCUT2D eigenvalue weighted by atomic mass is 9.94. The summed E-state index contributed by atoms with van der Waals surface area (Å²) in [6.07, 6.45) is 6.83. The summed E-state index contributed by atoms with van der Waals surface area (Å²) < 4.78 is 0. The van der Waals surface area contributed by atoms with E-state index in [4.69, 9.17) is 0 Å². The Kier molecular flexibility index (Phi) is 4.94. The Bertz CT molecular complexity index is 790. The summed E-state index contributed by atoms with van der Waals surface area (Å²) in [7, 11) is 0. The molecule has 0 aromatic carbocycles. The molecular formula is C16H19N5O2S. The van der Waals surface area contributed by atoms with Gasteiger partial charge in [-0.3, -0.25) is 9.59 Å². The third-order valence-corrected chi connectivity index (χ3v) is 4.64. The highest BCUT2D eigenvalue weighted by molar-refractivity contribution is 7.98. The van der Waals surface area contributed by atoms with Gasteiger partial charge < -0.3 is 9.88 Å². The van der Waals surface area contributed by atoms with Crippen molar-refractivity contribution in [2.24, 2.45) is 0 Å². The Labute approximate surface area is 143 Å². The molecule has 3 heterocycles. The second kappa shape index (κ2) is 7.12. The highest BCUT2D eigenvalue weighted by Gasteiger charge is 2.27. The zero-order valence-corrected chi connectivity index (χ0v) is 14.5. The van der Waals surface area contributed by atoms with Gasteiger partial charge in [-0.1, -0.05) is 11.8 Å². The Morgan fingerprint density at radius 1 is 1.38 bits per heavy atom. The van der Waals surface area contributed by atoms with Gasteiger partial charge in [0.1, 0.15) is 5.82 Å². The van der Waals surface area contributed by atoms with Crippen LogP contribution in [0.1, 0.15) is 40.6 Å². The molecule has 0 aliphatic carbocycles. The van der Waals surface area contributed by atoms with Crippen LogP contribution in [0, 0.1) is 6.92 Å². The minimum absolute atomic E-state index is 0.0751. The molecule has 2 aromatic heterocycles. The highest BCUT2D eigenvalue weighted by atomic mass is 32.2. The molecule has 0 saturated carbocycles. The summed E-state index contributed by atoms with van der Waals surface area (Å²) in [5.41, 5.74) is 1.09. The first-order valence-electron chi connectivity index (χ1n) is 7.80. The van der Waals surface area contributed by atoms with E-state index in [2.05, 4.69) is 19.9 Å². The Balaban J connectivity index is 1.77. The number of carbonyl (C=O) groups excluding carboxylic acids is 1. The first-order valence-corrected chi connectivity index (χ1v) is 9.02. The summed E-state index contributed by atoms with van der Waals surface area (Å²) in [5.74, 6) is 0.603. The van der Waals surface area contributed by atoms with E-state index in [1.165, 1.54) is 17.8 Å². The number of carbonyl (C=O) groups is 1. The van der Waals surface area contributed by atoms with E-state index >= 15 is 0 Å². The van der Waals surface area contributed by atoms with E-state index in [1.807, 2.05) is 6.26 Å². The monoisotopic (exact) mass is 345 g/mol. The summed E-state index contributed by atoms with van der Waals surface area (Å²) in [6.45, 7) is 3.02. The van der Waals surface area contributed by atoms with Crippen molar-refractivity contribution in [1.82, 2.24) is 24.8 Å². The molecule has 8 heteroatoms. The van der Waals surface area contributed by atoms with Gasteiger partial charge in [0, 0.05) is 37.5 Å². The van der Waals surface area contributed by atoms with Gasteiger partial charge in [0.2, 0.25) is 0 Å². The number of aromatic amines is 1. The van der Waals surface area contributed by atoms with Gasteiger partial charge >= 0.3 is 0 Å². The van der Waals surface area contributed by atoms with Crippen molar-refractivity contribution in [3.8, 4) is 0 Å². The number of hydrogen-bond acceptors (Lipinski definition) is 6. The number of likely N-dealkylation sites (tertiary alicyclic amines) is 1. The lowest BCUT2D eigenvalue weighted by Crippen LogP contribution is -2.39. The third kappa shape index (κ3) is 3.64. The van der Waals surface area contributed by atoms with Crippen LogP contribution in [0.15, 0.2) is 28.4 Å². The van der Waals surface area contributed by atoms with Gasteiger partial charge in [0.25, 0.3) is 11.5 Å². The minimum atomic E-state index is -0.151. The summed E-state index contributed by atoms with van der Waals surface area (Å²) >= 11 is 1.44. The maximum absolute atomic E-state index is 12.7. The van der Waals surface area contributed by atoms with Crippen molar-refractivity contribution in [1.29, 1.82) is 0 Å². The Morgan fingerprint density at radius 2 is 2.12 bits per heavy atom. The molecule has 0 bridgehead atoms. The van der Waals surface area contributed by atoms with Gasteiger partial charge in [-0.2, -0.15) is 0 Å². The molecule has 0 radical (unpaired) electrons. The molecule has 1 fully saturated rings. The first kappa shape index (κ1) is 16.6. The Hall–Kier alpha value is -2.22. The van der Waals surface area contributed by atoms with Crippen LogP contribution >= 0.6 is 11.8 Å². The van der Waals surface area contributed by atoms with E-state index < -0.39 is 0 Å². The molecule has 1 aliphatic rings. The van der Waals surface area contributed by atoms with Crippen molar-refractivity contribution in [2.75, 3.05) is 19.3 Å². The van der Waals surface area contributed by atoms with Crippen molar-refractivity contribution in [3.05, 3.63) is 45.9 Å². The molecule has 3 rings (SSSR count). The SMILES string of the molecule is CSc1ncc(C(=O)N2CCC[C@@H](c3cc(=O)[nH]c(C)n3)C2)cn1. The van der Waals surface area contributed by atoms with Crippen molar-refractivity contribution in [2.45, 2.75) is 30.8 Å². The van der Waals surface area contributed by atoms with Crippen LogP contribution in [-0.2, 0) is 0 Å². The van der Waals surface area contributed by atoms with Crippen molar-refractivity contribution in [3.63, 3.8) is 0 Å². The zero-order chi connectivity index (χ0) is 17.1. The van der Waals surface area contributed by atoms with E-state index in [9.17, 15) is 9.59 Å². The Morgan fingerprint density at radius 3 is 2.79 bits per heavy atom. The molecule has 0 spiro atoms. The summed E-state index contributed by atoms with van der Waals surface area (Å²) in [4.78, 5) is 41.5. The third-order valence-electron chi connectivity index (χ3n) is 4.06. The number of nitrogens with zero attached hydrogens (tertiary/aromatic N) is 4. The molecule has 126 valence electrons. The maximum atomic E-state index is 12.7. The standard InChI is InChI=1S/C16H19N5O2S/c1-10-19-13(6-14(22)20-10)11-4-3-5-21(9-11)15(23)12-7-17-16(24-2)18-8-12/h6-8,11H,3-5,9H2,1-2H3,(H,19,20,22)/t11-/m1/s1. The predicted molar refractivity (Wildman–Crippen MR) is 91.3 cm³/mol. The average molecular weight is 345 g/mol. The number of aromatic nitrogens is 4. The normalized spacial score (nSPS) is 17.8. The van der Waals surface area contributed by atoms with Gasteiger partial charge in [0.05, 0.1) is 11.3 Å². The van der Waals surface area contributed by atoms with Crippen LogP contribution in [0.5, 0.6) is 0 Å². The number of amides is 1. The summed E-state index contributed by atoms with van der Waals surface area (Å²) in [5, 5.41) is 0.645. The van der Waals surface area contributed by atoms with Gasteiger partial charge in [-0.25, -0.2) is 15.0 Å². The first-order chi connectivity index (χ1) is 11.6. The molecule has 1 N–H and O–H groups in total. The highest BCUT2D eigenvalue weighted by Crippen LogP contribution is 2.26. The summed E-state index contributed by atoms with van der Waals surface area (Å²) in [6, 6.07) is 1.53. The molecule has 2 aromatic rings. The number of hydrogen-bond donors (Lipinski definition) is 1. The van der Waals surface area contributed by atoms with Gasteiger partial charge in [-0.15, -0.1) is 0 Å². The fourth-order valence-electron chi connectivity index (χ4n) is 2.93.